The summed E-state index contributed by atoms with van der Waals surface area (Å²) in [4.78, 5) is 2.20. The van der Waals surface area contributed by atoms with Crippen molar-refractivity contribution in [3.63, 3.8) is 0 Å². The van der Waals surface area contributed by atoms with Crippen LogP contribution in [0.25, 0.3) is 0 Å². The van der Waals surface area contributed by atoms with Crippen LogP contribution in [0.3, 0.4) is 0 Å². The van der Waals surface area contributed by atoms with Gasteiger partial charge >= 0.3 is 0 Å². The molecule has 1 aromatic carbocycles. The molecule has 84 valence electrons. The molecular formula is C12H15N3O. The van der Waals surface area contributed by atoms with Gasteiger partial charge in [0.1, 0.15) is 0 Å². The van der Waals surface area contributed by atoms with E-state index in [0.717, 1.165) is 24.3 Å². The number of nitrogen functional groups attached to an aromatic ring is 1. The standard InChI is InChI=1S/C12H15N3O/c13-7-11-9-15(5-6-16-11)8-10-3-1-2-4-12(10)14/h1-4,11H,5-6,8-9,14H2. The molecule has 2 N–H and O–H groups in total. The second kappa shape index (κ2) is 4.97. The van der Waals surface area contributed by atoms with Crippen molar-refractivity contribution in [2.24, 2.45) is 0 Å². The van der Waals surface area contributed by atoms with Gasteiger partial charge < -0.3 is 10.5 Å². The minimum absolute atomic E-state index is 0.307. The molecule has 2 rings (SSSR count). The van der Waals surface area contributed by atoms with E-state index < -0.39 is 0 Å². The molecule has 4 heteroatoms. The Bertz CT molecular complexity index is 399. The van der Waals surface area contributed by atoms with Crippen molar-refractivity contribution >= 4 is 5.69 Å². The van der Waals surface area contributed by atoms with Crippen LogP contribution in [0.4, 0.5) is 5.69 Å². The van der Waals surface area contributed by atoms with Gasteiger partial charge in [-0.2, -0.15) is 5.26 Å². The van der Waals surface area contributed by atoms with Crippen molar-refractivity contribution in [3.8, 4) is 6.07 Å². The Hall–Kier alpha value is -1.57. The number of nitriles is 1. The highest BCUT2D eigenvalue weighted by Gasteiger charge is 2.20. The van der Waals surface area contributed by atoms with E-state index in [0.29, 0.717) is 13.2 Å². The normalized spacial score (nSPS) is 21.6. The second-order valence-electron chi connectivity index (χ2n) is 3.92. The molecule has 4 nitrogen and oxygen atoms in total. The summed E-state index contributed by atoms with van der Waals surface area (Å²) in [5.41, 5.74) is 7.80. The predicted octanol–water partition coefficient (Wildman–Crippen LogP) is 0.993. The minimum atomic E-state index is -0.307. The third kappa shape index (κ3) is 2.51. The van der Waals surface area contributed by atoms with Gasteiger partial charge in [-0.3, -0.25) is 4.90 Å². The van der Waals surface area contributed by atoms with Crippen molar-refractivity contribution in [1.29, 1.82) is 5.26 Å². The van der Waals surface area contributed by atoms with Crippen LogP contribution in [0.15, 0.2) is 24.3 Å². The Kier molecular flexibility index (Phi) is 3.40. The van der Waals surface area contributed by atoms with Crippen LogP contribution in [0.5, 0.6) is 0 Å². The molecule has 16 heavy (non-hydrogen) atoms. The van der Waals surface area contributed by atoms with E-state index in [4.69, 9.17) is 15.7 Å². The Morgan fingerprint density at radius 3 is 3.06 bits per heavy atom. The van der Waals surface area contributed by atoms with Gasteiger partial charge in [-0.1, -0.05) is 18.2 Å². The number of rotatable bonds is 2. The summed E-state index contributed by atoms with van der Waals surface area (Å²) in [5, 5.41) is 8.80. The molecule has 1 unspecified atom stereocenters. The molecule has 0 bridgehead atoms. The zero-order chi connectivity index (χ0) is 11.4. The molecule has 1 saturated heterocycles. The maximum absolute atomic E-state index is 8.80. The summed E-state index contributed by atoms with van der Waals surface area (Å²) in [6.45, 7) is 2.91. The maximum Gasteiger partial charge on any atom is 0.156 e. The minimum Gasteiger partial charge on any atom is -0.398 e. The van der Waals surface area contributed by atoms with E-state index in [9.17, 15) is 0 Å². The number of benzene rings is 1. The topological polar surface area (TPSA) is 62.3 Å². The molecule has 0 saturated carbocycles. The number of para-hydroxylation sites is 1. The summed E-state index contributed by atoms with van der Waals surface area (Å²) < 4.78 is 5.29. The first-order chi connectivity index (χ1) is 7.79. The Morgan fingerprint density at radius 1 is 1.50 bits per heavy atom. The molecule has 0 amide bonds. The monoisotopic (exact) mass is 217 g/mol. The van der Waals surface area contributed by atoms with Crippen LogP contribution in [-0.2, 0) is 11.3 Å². The number of hydrogen-bond donors (Lipinski definition) is 1. The van der Waals surface area contributed by atoms with Gasteiger partial charge in [-0.05, 0) is 11.6 Å². The molecule has 1 heterocycles. The lowest BCUT2D eigenvalue weighted by molar-refractivity contribution is -0.00262. The third-order valence-corrected chi connectivity index (χ3v) is 2.74. The van der Waals surface area contributed by atoms with Gasteiger partial charge in [0.05, 0.1) is 12.7 Å². The molecule has 1 aromatic rings. The maximum atomic E-state index is 8.80. The fraction of sp³-hybridized carbons (Fsp3) is 0.417. The molecule has 0 spiro atoms. The van der Waals surface area contributed by atoms with E-state index in [1.54, 1.807) is 0 Å². The van der Waals surface area contributed by atoms with Crippen LogP contribution in [-0.4, -0.2) is 30.7 Å². The smallest absolute Gasteiger partial charge is 0.156 e. The molecule has 1 aliphatic rings. The van der Waals surface area contributed by atoms with Gasteiger partial charge in [0.2, 0.25) is 0 Å². The van der Waals surface area contributed by atoms with Crippen molar-refractivity contribution in [2.75, 3.05) is 25.4 Å². The average Bonchev–Trinajstić information content (AvgIpc) is 2.32. The van der Waals surface area contributed by atoms with E-state index in [1.807, 2.05) is 24.3 Å². The first-order valence-corrected chi connectivity index (χ1v) is 5.36. The van der Waals surface area contributed by atoms with E-state index in [1.165, 1.54) is 0 Å². The molecule has 0 aliphatic carbocycles. The SMILES string of the molecule is N#CC1CN(Cc2ccccc2N)CCO1. The van der Waals surface area contributed by atoms with Crippen LogP contribution in [0.1, 0.15) is 5.56 Å². The molecular weight excluding hydrogens is 202 g/mol. The molecule has 0 aromatic heterocycles. The zero-order valence-corrected chi connectivity index (χ0v) is 9.10. The van der Waals surface area contributed by atoms with Gasteiger partial charge in [0.25, 0.3) is 0 Å². The fourth-order valence-electron chi connectivity index (χ4n) is 1.84. The number of anilines is 1. The lowest BCUT2D eigenvalue weighted by Gasteiger charge is -2.29. The van der Waals surface area contributed by atoms with Gasteiger partial charge in [-0.15, -0.1) is 0 Å². The van der Waals surface area contributed by atoms with Crippen molar-refractivity contribution in [1.82, 2.24) is 4.90 Å². The number of ether oxygens (including phenoxy) is 1. The summed E-state index contributed by atoms with van der Waals surface area (Å²) in [5.74, 6) is 0. The van der Waals surface area contributed by atoms with E-state index in [2.05, 4.69) is 11.0 Å². The number of morpholine rings is 1. The quantitative estimate of drug-likeness (QED) is 0.750. The summed E-state index contributed by atoms with van der Waals surface area (Å²) >= 11 is 0. The largest absolute Gasteiger partial charge is 0.398 e. The highest BCUT2D eigenvalue weighted by atomic mass is 16.5. The highest BCUT2D eigenvalue weighted by molar-refractivity contribution is 5.46. The van der Waals surface area contributed by atoms with E-state index in [-0.39, 0.29) is 6.10 Å². The fourth-order valence-corrected chi connectivity index (χ4v) is 1.84. The number of nitrogens with two attached hydrogens (primary N) is 1. The van der Waals surface area contributed by atoms with Gasteiger partial charge in [-0.25, -0.2) is 0 Å². The molecule has 1 fully saturated rings. The third-order valence-electron chi connectivity index (χ3n) is 2.74. The zero-order valence-electron chi connectivity index (χ0n) is 9.10. The first-order valence-electron chi connectivity index (χ1n) is 5.36. The highest BCUT2D eigenvalue weighted by Crippen LogP contribution is 2.15. The lowest BCUT2D eigenvalue weighted by Crippen LogP contribution is -2.41. The van der Waals surface area contributed by atoms with Crippen LogP contribution < -0.4 is 5.73 Å². The molecule has 0 radical (unpaired) electrons. The molecule has 1 aliphatic heterocycles. The van der Waals surface area contributed by atoms with E-state index >= 15 is 0 Å². The van der Waals surface area contributed by atoms with Crippen molar-refractivity contribution < 1.29 is 4.74 Å². The summed E-state index contributed by atoms with van der Waals surface area (Å²) in [6.07, 6.45) is -0.307. The van der Waals surface area contributed by atoms with Crippen molar-refractivity contribution in [3.05, 3.63) is 29.8 Å². The predicted molar refractivity (Wildman–Crippen MR) is 61.5 cm³/mol. The lowest BCUT2D eigenvalue weighted by atomic mass is 10.1. The Balaban J connectivity index is 2.00. The first kappa shape index (κ1) is 10.9. The van der Waals surface area contributed by atoms with Crippen molar-refractivity contribution in [2.45, 2.75) is 12.6 Å². The second-order valence-corrected chi connectivity index (χ2v) is 3.92. The van der Waals surface area contributed by atoms with Crippen LogP contribution >= 0.6 is 0 Å². The number of nitrogens with zero attached hydrogens (tertiary/aromatic N) is 2. The van der Waals surface area contributed by atoms with Gasteiger partial charge in [0.15, 0.2) is 6.10 Å². The summed E-state index contributed by atoms with van der Waals surface area (Å²) in [7, 11) is 0. The Labute approximate surface area is 95.2 Å². The van der Waals surface area contributed by atoms with Crippen LogP contribution in [0, 0.1) is 11.3 Å². The Morgan fingerprint density at radius 2 is 2.31 bits per heavy atom. The number of hydrogen-bond acceptors (Lipinski definition) is 4. The summed E-state index contributed by atoms with van der Waals surface area (Å²) in [6, 6.07) is 9.97. The van der Waals surface area contributed by atoms with Crippen LogP contribution in [0.2, 0.25) is 0 Å². The van der Waals surface area contributed by atoms with Gasteiger partial charge in [0, 0.05) is 25.3 Å². The average molecular weight is 217 g/mol. The molecule has 1 atom stereocenters.